The molecule has 1 aliphatic rings. The van der Waals surface area contributed by atoms with Crippen molar-refractivity contribution in [2.24, 2.45) is 4.99 Å². The summed E-state index contributed by atoms with van der Waals surface area (Å²) >= 11 is 0. The van der Waals surface area contributed by atoms with Gasteiger partial charge in [0.1, 0.15) is 0 Å². The first-order valence-corrected chi connectivity index (χ1v) is 11.1. The second-order valence-corrected chi connectivity index (χ2v) is 8.07. The third kappa shape index (κ3) is 5.46. The Bertz CT molecular complexity index is 1010. The van der Waals surface area contributed by atoms with E-state index < -0.39 is 0 Å². The van der Waals surface area contributed by atoms with Gasteiger partial charge in [0.25, 0.3) is 0 Å². The predicted octanol–water partition coefficient (Wildman–Crippen LogP) is 3.26. The van der Waals surface area contributed by atoms with Gasteiger partial charge in [0.05, 0.1) is 19.3 Å². The predicted molar refractivity (Wildman–Crippen MR) is 128 cm³/mol. The minimum atomic E-state index is 0.288. The normalized spacial score (nSPS) is 16.4. The number of guanidine groups is 1. The Morgan fingerprint density at radius 1 is 1.13 bits per heavy atom. The van der Waals surface area contributed by atoms with Crippen LogP contribution in [0.3, 0.4) is 0 Å². The van der Waals surface area contributed by atoms with Crippen molar-refractivity contribution in [2.75, 3.05) is 46.4 Å². The number of para-hydroxylation sites is 1. The molecule has 3 aromatic rings. The third-order valence-corrected chi connectivity index (χ3v) is 5.96. The maximum atomic E-state index is 5.57. The van der Waals surface area contributed by atoms with Gasteiger partial charge in [0.2, 0.25) is 0 Å². The molecule has 3 N–H and O–H groups in total. The molecule has 0 radical (unpaired) electrons. The van der Waals surface area contributed by atoms with Gasteiger partial charge < -0.3 is 20.4 Å². The van der Waals surface area contributed by atoms with E-state index in [9.17, 15) is 0 Å². The summed E-state index contributed by atoms with van der Waals surface area (Å²) in [6, 6.07) is 17.5. The number of hydrogen-bond acceptors (Lipinski definition) is 3. The molecule has 6 nitrogen and oxygen atoms in total. The zero-order valence-corrected chi connectivity index (χ0v) is 18.5. The highest BCUT2D eigenvalue weighted by Gasteiger charge is 2.23. The minimum absolute atomic E-state index is 0.288. The molecule has 164 valence electrons. The lowest BCUT2D eigenvalue weighted by atomic mass is 10.0. The van der Waals surface area contributed by atoms with E-state index >= 15 is 0 Å². The van der Waals surface area contributed by atoms with Crippen LogP contribution in [0.25, 0.3) is 10.9 Å². The van der Waals surface area contributed by atoms with Gasteiger partial charge in [-0.1, -0.05) is 48.0 Å². The van der Waals surface area contributed by atoms with Gasteiger partial charge in [-0.3, -0.25) is 9.89 Å². The van der Waals surface area contributed by atoms with Crippen LogP contribution in [-0.2, 0) is 11.2 Å². The number of benzene rings is 2. The number of nitrogens with one attached hydrogen (secondary N) is 3. The van der Waals surface area contributed by atoms with E-state index in [4.69, 9.17) is 4.74 Å². The van der Waals surface area contributed by atoms with Crippen molar-refractivity contribution in [3.8, 4) is 0 Å². The zero-order chi connectivity index (χ0) is 21.5. The standard InChI is InChI=1S/C25H33N5O/c1-19-6-5-7-20(16-19)24(30-12-14-31-15-13-30)18-29-25(26-2)27-11-10-21-17-28-23-9-4-3-8-22(21)23/h3-9,16-17,24,28H,10-15,18H2,1-2H3,(H2,26,27,29). The maximum absolute atomic E-state index is 5.57. The van der Waals surface area contributed by atoms with Crippen LogP contribution in [0, 0.1) is 6.92 Å². The van der Waals surface area contributed by atoms with Crippen LogP contribution < -0.4 is 10.6 Å². The van der Waals surface area contributed by atoms with Gasteiger partial charge in [-0.05, 0) is 30.5 Å². The lowest BCUT2D eigenvalue weighted by Crippen LogP contribution is -2.46. The number of nitrogens with zero attached hydrogens (tertiary/aromatic N) is 2. The lowest BCUT2D eigenvalue weighted by Gasteiger charge is -2.35. The summed E-state index contributed by atoms with van der Waals surface area (Å²) in [4.78, 5) is 10.3. The number of aryl methyl sites for hydroxylation is 1. The summed E-state index contributed by atoms with van der Waals surface area (Å²) in [5, 5.41) is 8.32. The Labute approximate surface area is 184 Å². The molecule has 0 spiro atoms. The van der Waals surface area contributed by atoms with Gasteiger partial charge in [-0.25, -0.2) is 0 Å². The number of aromatic amines is 1. The van der Waals surface area contributed by atoms with Crippen molar-refractivity contribution in [1.29, 1.82) is 0 Å². The molecule has 0 bridgehead atoms. The van der Waals surface area contributed by atoms with Gasteiger partial charge in [0.15, 0.2) is 5.96 Å². The van der Waals surface area contributed by atoms with Crippen LogP contribution in [0.4, 0.5) is 0 Å². The smallest absolute Gasteiger partial charge is 0.191 e. The summed E-state index contributed by atoms with van der Waals surface area (Å²) in [7, 11) is 1.83. The lowest BCUT2D eigenvalue weighted by molar-refractivity contribution is 0.0170. The molecule has 1 unspecified atom stereocenters. The fraction of sp³-hybridized carbons (Fsp3) is 0.400. The number of aliphatic imine (C=N–C) groups is 1. The average Bonchev–Trinajstić information content (AvgIpc) is 3.22. The van der Waals surface area contributed by atoms with Crippen molar-refractivity contribution in [2.45, 2.75) is 19.4 Å². The van der Waals surface area contributed by atoms with Gasteiger partial charge in [0, 0.05) is 50.3 Å². The molecule has 1 atom stereocenters. The SMILES string of the molecule is CN=C(NCCc1c[nH]c2ccccc12)NCC(c1cccc(C)c1)N1CCOCC1. The second kappa shape index (κ2) is 10.5. The van der Waals surface area contributed by atoms with Crippen LogP contribution in [0.1, 0.15) is 22.7 Å². The number of rotatable bonds is 7. The molecule has 6 heteroatoms. The number of hydrogen-bond donors (Lipinski definition) is 3. The molecule has 0 amide bonds. The molecule has 1 saturated heterocycles. The summed E-state index contributed by atoms with van der Waals surface area (Å²) in [6.45, 7) is 7.27. The average molecular weight is 420 g/mol. The Kier molecular flexibility index (Phi) is 7.22. The molecule has 1 fully saturated rings. The quantitative estimate of drug-likeness (QED) is 0.406. The van der Waals surface area contributed by atoms with Crippen molar-refractivity contribution in [3.63, 3.8) is 0 Å². The molecular formula is C25H33N5O. The first-order chi connectivity index (χ1) is 15.2. The van der Waals surface area contributed by atoms with E-state index in [-0.39, 0.29) is 6.04 Å². The molecular weight excluding hydrogens is 386 g/mol. The highest BCUT2D eigenvalue weighted by Crippen LogP contribution is 2.22. The first kappa shape index (κ1) is 21.4. The van der Waals surface area contributed by atoms with E-state index in [2.05, 4.69) is 87.2 Å². The molecule has 1 aromatic heterocycles. The van der Waals surface area contributed by atoms with E-state index in [1.54, 1.807) is 0 Å². The molecule has 2 aromatic carbocycles. The fourth-order valence-electron chi connectivity index (χ4n) is 4.29. The zero-order valence-electron chi connectivity index (χ0n) is 18.5. The summed E-state index contributed by atoms with van der Waals surface area (Å²) in [5.41, 5.74) is 5.14. The Hall–Kier alpha value is -2.83. The number of ether oxygens (including phenoxy) is 1. The van der Waals surface area contributed by atoms with Gasteiger partial charge in [-0.2, -0.15) is 0 Å². The van der Waals surface area contributed by atoms with E-state index in [1.807, 2.05) is 7.05 Å². The fourth-order valence-corrected chi connectivity index (χ4v) is 4.29. The highest BCUT2D eigenvalue weighted by molar-refractivity contribution is 5.83. The highest BCUT2D eigenvalue weighted by atomic mass is 16.5. The van der Waals surface area contributed by atoms with Crippen molar-refractivity contribution in [1.82, 2.24) is 20.5 Å². The molecule has 4 rings (SSSR count). The Morgan fingerprint density at radius 3 is 2.77 bits per heavy atom. The largest absolute Gasteiger partial charge is 0.379 e. The third-order valence-electron chi connectivity index (χ3n) is 5.96. The van der Waals surface area contributed by atoms with Crippen LogP contribution in [-0.4, -0.2) is 62.3 Å². The van der Waals surface area contributed by atoms with Crippen LogP contribution in [0.5, 0.6) is 0 Å². The number of H-pyrrole nitrogens is 1. The van der Waals surface area contributed by atoms with E-state index in [0.29, 0.717) is 0 Å². The summed E-state index contributed by atoms with van der Waals surface area (Å²) in [5.74, 6) is 0.839. The molecule has 31 heavy (non-hydrogen) atoms. The molecule has 0 aliphatic carbocycles. The monoisotopic (exact) mass is 419 g/mol. The topological polar surface area (TPSA) is 64.7 Å². The number of aromatic nitrogens is 1. The van der Waals surface area contributed by atoms with Crippen LogP contribution in [0.15, 0.2) is 59.7 Å². The number of morpholine rings is 1. The van der Waals surface area contributed by atoms with Crippen molar-refractivity contribution >= 4 is 16.9 Å². The molecule has 1 aliphatic heterocycles. The van der Waals surface area contributed by atoms with Crippen LogP contribution in [0.2, 0.25) is 0 Å². The summed E-state index contributed by atoms with van der Waals surface area (Å²) < 4.78 is 5.57. The Balaban J connectivity index is 1.36. The first-order valence-electron chi connectivity index (χ1n) is 11.1. The molecule has 0 saturated carbocycles. The summed E-state index contributed by atoms with van der Waals surface area (Å²) in [6.07, 6.45) is 3.05. The van der Waals surface area contributed by atoms with Crippen LogP contribution >= 0.6 is 0 Å². The van der Waals surface area contributed by atoms with Crippen molar-refractivity contribution in [3.05, 3.63) is 71.4 Å². The van der Waals surface area contributed by atoms with E-state index in [0.717, 1.165) is 51.8 Å². The molecule has 2 heterocycles. The Morgan fingerprint density at radius 2 is 1.97 bits per heavy atom. The van der Waals surface area contributed by atoms with E-state index in [1.165, 1.54) is 27.6 Å². The number of fused-ring (bicyclic) bond motifs is 1. The van der Waals surface area contributed by atoms with Crippen molar-refractivity contribution < 1.29 is 4.74 Å². The van der Waals surface area contributed by atoms with Gasteiger partial charge in [-0.15, -0.1) is 0 Å². The van der Waals surface area contributed by atoms with Gasteiger partial charge >= 0.3 is 0 Å². The minimum Gasteiger partial charge on any atom is -0.379 e. The second-order valence-electron chi connectivity index (χ2n) is 8.07. The maximum Gasteiger partial charge on any atom is 0.191 e.